The molecule has 0 aliphatic carbocycles. The zero-order valence-corrected chi connectivity index (χ0v) is 10.6. The molecule has 1 aromatic carbocycles. The summed E-state index contributed by atoms with van der Waals surface area (Å²) in [7, 11) is 0. The van der Waals surface area contributed by atoms with Crippen LogP contribution in [0.1, 0.15) is 24.0 Å². The fraction of sp³-hybridized carbons (Fsp3) is 0.500. The topological polar surface area (TPSA) is 61.4 Å². The van der Waals surface area contributed by atoms with Gasteiger partial charge in [-0.25, -0.2) is 0 Å². The Kier molecular flexibility index (Phi) is 4.33. The number of fused-ring (bicyclic) bond motifs is 1. The van der Waals surface area contributed by atoms with Crippen molar-refractivity contribution < 1.29 is 9.90 Å². The average molecular weight is 248 g/mol. The highest BCUT2D eigenvalue weighted by Gasteiger charge is 2.25. The van der Waals surface area contributed by atoms with E-state index in [1.54, 1.807) is 0 Å². The molecule has 1 aliphatic heterocycles. The first-order valence-corrected chi connectivity index (χ1v) is 6.39. The van der Waals surface area contributed by atoms with Crippen LogP contribution in [0.3, 0.4) is 0 Å². The number of rotatable bonds is 4. The third kappa shape index (κ3) is 2.89. The van der Waals surface area contributed by atoms with E-state index in [1.165, 1.54) is 5.56 Å². The predicted octanol–water partition coefficient (Wildman–Crippen LogP) is 0.618. The van der Waals surface area contributed by atoms with E-state index >= 15 is 0 Å². The summed E-state index contributed by atoms with van der Waals surface area (Å²) in [6.45, 7) is 4.03. The Morgan fingerprint density at radius 1 is 1.56 bits per heavy atom. The number of hydrogen-bond acceptors (Lipinski definition) is 3. The minimum absolute atomic E-state index is 0.0370. The van der Waals surface area contributed by atoms with Crippen LogP contribution in [0.25, 0.3) is 0 Å². The van der Waals surface area contributed by atoms with Gasteiger partial charge in [0.15, 0.2) is 0 Å². The Morgan fingerprint density at radius 2 is 2.33 bits per heavy atom. The Labute approximate surface area is 107 Å². The van der Waals surface area contributed by atoms with Gasteiger partial charge in [0.2, 0.25) is 5.91 Å². The molecule has 18 heavy (non-hydrogen) atoms. The van der Waals surface area contributed by atoms with Crippen molar-refractivity contribution in [2.75, 3.05) is 19.7 Å². The van der Waals surface area contributed by atoms with Gasteiger partial charge in [-0.3, -0.25) is 4.79 Å². The minimum Gasteiger partial charge on any atom is -0.396 e. The van der Waals surface area contributed by atoms with Crippen LogP contribution < -0.4 is 10.6 Å². The molecular weight excluding hydrogens is 228 g/mol. The van der Waals surface area contributed by atoms with Crippen LogP contribution in [0, 0.1) is 5.92 Å². The summed E-state index contributed by atoms with van der Waals surface area (Å²) >= 11 is 0. The van der Waals surface area contributed by atoms with E-state index < -0.39 is 0 Å². The number of aliphatic hydroxyl groups is 1. The van der Waals surface area contributed by atoms with E-state index in [4.69, 9.17) is 5.11 Å². The molecule has 0 radical (unpaired) electrons. The highest BCUT2D eigenvalue weighted by molar-refractivity contribution is 5.84. The minimum atomic E-state index is -0.124. The molecular formula is C14H20N2O2. The Morgan fingerprint density at radius 3 is 3.11 bits per heavy atom. The van der Waals surface area contributed by atoms with Gasteiger partial charge in [-0.1, -0.05) is 31.2 Å². The molecule has 2 unspecified atom stereocenters. The fourth-order valence-electron chi connectivity index (χ4n) is 2.19. The van der Waals surface area contributed by atoms with Crippen molar-refractivity contribution in [3.05, 3.63) is 35.4 Å². The standard InChI is InChI=1S/C14H20N2O2/c1-10(9-17)6-16-14(18)13-8-15-7-11-4-2-3-5-12(11)13/h2-5,10,13,15,17H,6-9H2,1H3,(H,16,18). The van der Waals surface area contributed by atoms with Crippen LogP contribution in [0.5, 0.6) is 0 Å². The average Bonchev–Trinajstić information content (AvgIpc) is 2.43. The second-order valence-corrected chi connectivity index (χ2v) is 4.92. The summed E-state index contributed by atoms with van der Waals surface area (Å²) < 4.78 is 0. The molecule has 3 N–H and O–H groups in total. The van der Waals surface area contributed by atoms with Gasteiger partial charge in [-0.15, -0.1) is 0 Å². The first-order chi connectivity index (χ1) is 8.72. The maximum Gasteiger partial charge on any atom is 0.228 e. The van der Waals surface area contributed by atoms with Crippen LogP contribution in [-0.2, 0) is 11.3 Å². The quantitative estimate of drug-likeness (QED) is 0.732. The van der Waals surface area contributed by atoms with Gasteiger partial charge in [-0.2, -0.15) is 0 Å². The van der Waals surface area contributed by atoms with E-state index in [1.807, 2.05) is 25.1 Å². The van der Waals surface area contributed by atoms with Gasteiger partial charge >= 0.3 is 0 Å². The summed E-state index contributed by atoms with van der Waals surface area (Å²) in [5, 5.41) is 15.1. The second kappa shape index (κ2) is 5.98. The second-order valence-electron chi connectivity index (χ2n) is 4.92. The molecule has 4 heteroatoms. The zero-order valence-electron chi connectivity index (χ0n) is 10.6. The number of nitrogens with one attached hydrogen (secondary N) is 2. The third-order valence-corrected chi connectivity index (χ3v) is 3.35. The molecule has 0 saturated heterocycles. The van der Waals surface area contributed by atoms with Crippen molar-refractivity contribution in [2.24, 2.45) is 5.92 Å². The van der Waals surface area contributed by atoms with Crippen molar-refractivity contribution in [3.63, 3.8) is 0 Å². The molecule has 0 fully saturated rings. The van der Waals surface area contributed by atoms with Crippen LogP contribution in [0.4, 0.5) is 0 Å². The molecule has 0 saturated carbocycles. The number of amides is 1. The van der Waals surface area contributed by atoms with Crippen molar-refractivity contribution in [1.29, 1.82) is 0 Å². The Balaban J connectivity index is 2.04. The highest BCUT2D eigenvalue weighted by Crippen LogP contribution is 2.23. The van der Waals surface area contributed by atoms with Gasteiger partial charge in [0.25, 0.3) is 0 Å². The smallest absolute Gasteiger partial charge is 0.228 e. The molecule has 98 valence electrons. The molecule has 0 aromatic heterocycles. The lowest BCUT2D eigenvalue weighted by molar-refractivity contribution is -0.122. The molecule has 4 nitrogen and oxygen atoms in total. The highest BCUT2D eigenvalue weighted by atomic mass is 16.3. The molecule has 1 aliphatic rings. The van der Waals surface area contributed by atoms with Crippen LogP contribution >= 0.6 is 0 Å². The van der Waals surface area contributed by atoms with E-state index in [-0.39, 0.29) is 24.3 Å². The molecule has 2 rings (SSSR count). The molecule has 1 amide bonds. The van der Waals surface area contributed by atoms with Crippen molar-refractivity contribution in [1.82, 2.24) is 10.6 Å². The van der Waals surface area contributed by atoms with Gasteiger partial charge in [0.1, 0.15) is 0 Å². The van der Waals surface area contributed by atoms with Crippen LogP contribution in [-0.4, -0.2) is 30.7 Å². The molecule has 2 atom stereocenters. The number of carbonyl (C=O) groups excluding carboxylic acids is 1. The van der Waals surface area contributed by atoms with Crippen molar-refractivity contribution >= 4 is 5.91 Å². The van der Waals surface area contributed by atoms with E-state index in [0.717, 1.165) is 12.1 Å². The number of carbonyl (C=O) groups is 1. The molecule has 1 aromatic rings. The van der Waals surface area contributed by atoms with Crippen LogP contribution in [0.2, 0.25) is 0 Å². The van der Waals surface area contributed by atoms with Crippen molar-refractivity contribution in [3.8, 4) is 0 Å². The molecule has 1 heterocycles. The first-order valence-electron chi connectivity index (χ1n) is 6.39. The largest absolute Gasteiger partial charge is 0.396 e. The zero-order chi connectivity index (χ0) is 13.0. The summed E-state index contributed by atoms with van der Waals surface area (Å²) in [6, 6.07) is 8.05. The third-order valence-electron chi connectivity index (χ3n) is 3.35. The van der Waals surface area contributed by atoms with Gasteiger partial charge in [0, 0.05) is 26.2 Å². The maximum atomic E-state index is 12.1. The number of hydrogen-bond donors (Lipinski definition) is 3. The monoisotopic (exact) mass is 248 g/mol. The van der Waals surface area contributed by atoms with Gasteiger partial charge < -0.3 is 15.7 Å². The van der Waals surface area contributed by atoms with E-state index in [2.05, 4.69) is 16.7 Å². The van der Waals surface area contributed by atoms with Gasteiger partial charge in [0.05, 0.1) is 5.92 Å². The number of benzene rings is 1. The molecule has 0 bridgehead atoms. The normalized spacial score (nSPS) is 20.0. The summed E-state index contributed by atoms with van der Waals surface area (Å²) in [5.74, 6) is 0.0107. The molecule has 0 spiro atoms. The summed E-state index contributed by atoms with van der Waals surface area (Å²) in [5.41, 5.74) is 2.31. The van der Waals surface area contributed by atoms with E-state index in [0.29, 0.717) is 13.1 Å². The SMILES string of the molecule is CC(CO)CNC(=O)C1CNCc2ccccc21. The fourth-order valence-corrected chi connectivity index (χ4v) is 2.19. The summed E-state index contributed by atoms with van der Waals surface area (Å²) in [4.78, 5) is 12.1. The summed E-state index contributed by atoms with van der Waals surface area (Å²) in [6.07, 6.45) is 0. The maximum absolute atomic E-state index is 12.1. The predicted molar refractivity (Wildman–Crippen MR) is 70.1 cm³/mol. The lowest BCUT2D eigenvalue weighted by Gasteiger charge is -2.26. The van der Waals surface area contributed by atoms with E-state index in [9.17, 15) is 4.79 Å². The number of aliphatic hydroxyl groups excluding tert-OH is 1. The lowest BCUT2D eigenvalue weighted by atomic mass is 9.90. The Hall–Kier alpha value is -1.39. The van der Waals surface area contributed by atoms with Crippen molar-refractivity contribution in [2.45, 2.75) is 19.4 Å². The lowest BCUT2D eigenvalue weighted by Crippen LogP contribution is -2.40. The Bertz CT molecular complexity index is 420. The van der Waals surface area contributed by atoms with Crippen LogP contribution in [0.15, 0.2) is 24.3 Å². The first kappa shape index (κ1) is 13.1. The van der Waals surface area contributed by atoms with Gasteiger partial charge in [-0.05, 0) is 17.0 Å².